The van der Waals surface area contributed by atoms with Gasteiger partial charge in [0.1, 0.15) is 17.3 Å². The van der Waals surface area contributed by atoms with Crippen molar-refractivity contribution in [3.05, 3.63) is 72.2 Å². The quantitative estimate of drug-likeness (QED) is 0.633. The molecule has 150 valence electrons. The minimum atomic E-state index is -0.261. The van der Waals surface area contributed by atoms with E-state index in [0.717, 1.165) is 18.8 Å². The number of likely N-dealkylation sites (N-methyl/N-ethyl adjacent to an activating group) is 1. The molecule has 0 unspecified atom stereocenters. The second-order valence-corrected chi connectivity index (χ2v) is 6.49. The van der Waals surface area contributed by atoms with E-state index >= 15 is 0 Å². The fourth-order valence-electron chi connectivity index (χ4n) is 2.79. The molecule has 3 aromatic rings. The Kier molecular flexibility index (Phi) is 6.63. The lowest BCUT2D eigenvalue weighted by molar-refractivity contribution is 0.102. The average molecular weight is 392 g/mol. The number of pyridine rings is 2. The molecule has 0 aliphatic heterocycles. The van der Waals surface area contributed by atoms with Crippen LogP contribution in [0, 0.1) is 0 Å². The van der Waals surface area contributed by atoms with Gasteiger partial charge in [0.2, 0.25) is 0 Å². The van der Waals surface area contributed by atoms with Crippen molar-refractivity contribution in [1.82, 2.24) is 9.97 Å². The number of hydrogen-bond acceptors (Lipinski definition) is 6. The summed E-state index contributed by atoms with van der Waals surface area (Å²) in [5.74, 6) is 1.68. The zero-order valence-corrected chi connectivity index (χ0v) is 16.8. The molecule has 0 atom stereocenters. The van der Waals surface area contributed by atoms with Crippen LogP contribution in [0.25, 0.3) is 0 Å². The van der Waals surface area contributed by atoms with Crippen molar-refractivity contribution in [2.75, 3.05) is 38.0 Å². The number of anilines is 2. The predicted octanol–water partition coefficient (Wildman–Crippen LogP) is 3.43. The topological polar surface area (TPSA) is 76.6 Å². The third kappa shape index (κ3) is 5.44. The Labute approximate surface area is 170 Å². The Balaban J connectivity index is 1.62. The molecule has 2 aromatic heterocycles. The highest BCUT2D eigenvalue weighted by Crippen LogP contribution is 2.23. The maximum absolute atomic E-state index is 12.6. The molecule has 1 N–H and O–H groups in total. The molecule has 1 aromatic carbocycles. The normalized spacial score (nSPS) is 10.3. The number of aromatic nitrogens is 2. The monoisotopic (exact) mass is 392 g/mol. The van der Waals surface area contributed by atoms with Crippen molar-refractivity contribution in [1.29, 1.82) is 0 Å². The molecule has 2 heterocycles. The maximum atomic E-state index is 12.6. The van der Waals surface area contributed by atoms with Crippen LogP contribution in [0.3, 0.4) is 0 Å². The van der Waals surface area contributed by atoms with E-state index in [1.165, 1.54) is 5.56 Å². The fraction of sp³-hybridized carbons (Fsp3) is 0.227. The summed E-state index contributed by atoms with van der Waals surface area (Å²) >= 11 is 0. The van der Waals surface area contributed by atoms with E-state index in [1.54, 1.807) is 51.0 Å². The van der Waals surface area contributed by atoms with Gasteiger partial charge in [0, 0.05) is 37.6 Å². The first-order valence-electron chi connectivity index (χ1n) is 9.19. The van der Waals surface area contributed by atoms with Gasteiger partial charge in [0.25, 0.3) is 5.91 Å². The third-order valence-corrected chi connectivity index (χ3v) is 4.50. The van der Waals surface area contributed by atoms with Gasteiger partial charge in [0.15, 0.2) is 0 Å². The van der Waals surface area contributed by atoms with E-state index in [0.29, 0.717) is 22.7 Å². The Morgan fingerprint density at radius 1 is 1.03 bits per heavy atom. The molecule has 0 saturated heterocycles. The highest BCUT2D eigenvalue weighted by atomic mass is 16.5. The largest absolute Gasteiger partial charge is 0.497 e. The van der Waals surface area contributed by atoms with Crippen molar-refractivity contribution < 1.29 is 14.3 Å². The number of nitrogens with one attached hydrogen (secondary N) is 1. The highest BCUT2D eigenvalue weighted by Gasteiger charge is 2.11. The molecule has 0 spiro atoms. The third-order valence-electron chi connectivity index (χ3n) is 4.50. The Morgan fingerprint density at radius 2 is 1.72 bits per heavy atom. The summed E-state index contributed by atoms with van der Waals surface area (Å²) < 4.78 is 10.4. The lowest BCUT2D eigenvalue weighted by atomic mass is 10.2. The molecule has 0 radical (unpaired) electrons. The first kappa shape index (κ1) is 20.1. The van der Waals surface area contributed by atoms with Crippen molar-refractivity contribution in [3.8, 4) is 11.5 Å². The molecule has 3 rings (SSSR count). The molecule has 0 aliphatic carbocycles. The van der Waals surface area contributed by atoms with Gasteiger partial charge < -0.3 is 19.7 Å². The van der Waals surface area contributed by atoms with Gasteiger partial charge in [-0.3, -0.25) is 9.78 Å². The number of nitrogens with zero attached hydrogens (tertiary/aromatic N) is 3. The van der Waals surface area contributed by atoms with Crippen LogP contribution in [0.4, 0.5) is 11.5 Å². The number of ether oxygens (including phenoxy) is 2. The van der Waals surface area contributed by atoms with E-state index < -0.39 is 0 Å². The van der Waals surface area contributed by atoms with Crippen molar-refractivity contribution in [2.24, 2.45) is 0 Å². The second kappa shape index (κ2) is 9.54. The van der Waals surface area contributed by atoms with Gasteiger partial charge in [-0.05, 0) is 48.4 Å². The van der Waals surface area contributed by atoms with Crippen LogP contribution < -0.4 is 19.7 Å². The number of methoxy groups -OCH3 is 2. The smallest absolute Gasteiger partial charge is 0.255 e. The minimum Gasteiger partial charge on any atom is -0.497 e. The summed E-state index contributed by atoms with van der Waals surface area (Å²) in [7, 11) is 5.08. The molecule has 1 amide bonds. The Bertz CT molecular complexity index is 924. The summed E-state index contributed by atoms with van der Waals surface area (Å²) in [6.45, 7) is 0.826. The zero-order valence-electron chi connectivity index (χ0n) is 16.8. The molecular formula is C22H24N4O3. The van der Waals surface area contributed by atoms with E-state index in [4.69, 9.17) is 9.47 Å². The van der Waals surface area contributed by atoms with Crippen LogP contribution in [0.1, 0.15) is 15.9 Å². The second-order valence-electron chi connectivity index (χ2n) is 6.49. The fourth-order valence-corrected chi connectivity index (χ4v) is 2.79. The molecule has 0 aliphatic rings. The summed E-state index contributed by atoms with van der Waals surface area (Å²) in [4.78, 5) is 23.1. The van der Waals surface area contributed by atoms with Crippen LogP contribution >= 0.6 is 0 Å². The lowest BCUT2D eigenvalue weighted by Gasteiger charge is -2.18. The minimum absolute atomic E-state index is 0.261. The van der Waals surface area contributed by atoms with Crippen molar-refractivity contribution >= 4 is 17.4 Å². The SMILES string of the molecule is COc1cc(OC)cc(C(=O)Nc2ccc(N(C)CCc3ccncc3)nc2)c1. The van der Waals surface area contributed by atoms with Gasteiger partial charge in [0.05, 0.1) is 26.1 Å². The number of hydrogen-bond donors (Lipinski definition) is 1. The predicted molar refractivity (Wildman–Crippen MR) is 113 cm³/mol. The van der Waals surface area contributed by atoms with E-state index in [9.17, 15) is 4.79 Å². The maximum Gasteiger partial charge on any atom is 0.255 e. The van der Waals surface area contributed by atoms with Gasteiger partial charge in [-0.2, -0.15) is 0 Å². The van der Waals surface area contributed by atoms with Crippen molar-refractivity contribution in [3.63, 3.8) is 0 Å². The van der Waals surface area contributed by atoms with Gasteiger partial charge in [-0.25, -0.2) is 4.98 Å². The van der Waals surface area contributed by atoms with Gasteiger partial charge in [-0.15, -0.1) is 0 Å². The number of amides is 1. The van der Waals surface area contributed by atoms with Crippen molar-refractivity contribution in [2.45, 2.75) is 6.42 Å². The number of carbonyl (C=O) groups excluding carboxylic acids is 1. The molecule has 7 nitrogen and oxygen atoms in total. The molecular weight excluding hydrogens is 368 g/mol. The number of carbonyl (C=O) groups is 1. The molecule has 0 saturated carbocycles. The van der Waals surface area contributed by atoms with Crippen LogP contribution in [0.5, 0.6) is 11.5 Å². The highest BCUT2D eigenvalue weighted by molar-refractivity contribution is 6.04. The molecule has 0 fully saturated rings. The first-order valence-corrected chi connectivity index (χ1v) is 9.19. The summed E-state index contributed by atoms with van der Waals surface area (Å²) in [6.07, 6.45) is 6.14. The summed E-state index contributed by atoms with van der Waals surface area (Å²) in [5.41, 5.74) is 2.28. The molecule has 29 heavy (non-hydrogen) atoms. The standard InChI is InChI=1S/C22H24N4O3/c1-26(11-8-16-6-9-23-10-7-16)21-5-4-18(15-24-21)25-22(27)17-12-19(28-2)14-20(13-17)29-3/h4-7,9-10,12-15H,8,11H2,1-3H3,(H,25,27). The zero-order chi connectivity index (χ0) is 20.6. The van der Waals surface area contributed by atoms with E-state index in [2.05, 4.69) is 20.2 Å². The number of benzene rings is 1. The average Bonchev–Trinajstić information content (AvgIpc) is 2.78. The van der Waals surface area contributed by atoms with Gasteiger partial charge in [-0.1, -0.05) is 0 Å². The van der Waals surface area contributed by atoms with E-state index in [1.807, 2.05) is 31.3 Å². The summed E-state index contributed by atoms with van der Waals surface area (Å²) in [6, 6.07) is 12.8. The van der Waals surface area contributed by atoms with E-state index in [-0.39, 0.29) is 5.91 Å². The lowest BCUT2D eigenvalue weighted by Crippen LogP contribution is -2.21. The molecule has 0 bridgehead atoms. The van der Waals surface area contributed by atoms with Crippen LogP contribution in [0.2, 0.25) is 0 Å². The van der Waals surface area contributed by atoms with Crippen LogP contribution in [-0.2, 0) is 6.42 Å². The Hall–Kier alpha value is -3.61. The number of rotatable bonds is 8. The van der Waals surface area contributed by atoms with Gasteiger partial charge >= 0.3 is 0 Å². The van der Waals surface area contributed by atoms with Crippen LogP contribution in [0.15, 0.2) is 61.1 Å². The Morgan fingerprint density at radius 3 is 2.31 bits per heavy atom. The molecule has 7 heteroatoms. The summed E-state index contributed by atoms with van der Waals surface area (Å²) in [5, 5.41) is 2.85. The van der Waals surface area contributed by atoms with Crippen LogP contribution in [-0.4, -0.2) is 43.7 Å². The first-order chi connectivity index (χ1) is 14.1.